The summed E-state index contributed by atoms with van der Waals surface area (Å²) < 4.78 is 2.06. The molecule has 0 aliphatic carbocycles. The number of thioether (sulfide) groups is 1. The van der Waals surface area contributed by atoms with E-state index >= 15 is 0 Å². The Kier molecular flexibility index (Phi) is 7.28. The second-order valence-corrected chi connectivity index (χ2v) is 9.53. The SMILES string of the molecule is Cc1ccc(-n2c(SCc3ccc(C(=O)Nc4ccc([N+](=O)[O-])cc4)cc3)nnc2-c2ccccc2)cc1. The van der Waals surface area contributed by atoms with Crippen LogP contribution in [-0.4, -0.2) is 25.6 Å². The van der Waals surface area contributed by atoms with Crippen molar-refractivity contribution in [2.45, 2.75) is 17.8 Å². The number of anilines is 1. The maximum atomic E-state index is 12.6. The lowest BCUT2D eigenvalue weighted by Gasteiger charge is -2.11. The van der Waals surface area contributed by atoms with E-state index in [4.69, 9.17) is 0 Å². The minimum absolute atomic E-state index is 0.0287. The molecule has 9 heteroatoms. The summed E-state index contributed by atoms with van der Waals surface area (Å²) in [5.41, 5.74) is 5.13. The van der Waals surface area contributed by atoms with Crippen LogP contribution >= 0.6 is 11.8 Å². The Labute approximate surface area is 223 Å². The number of aromatic nitrogens is 3. The first-order valence-electron chi connectivity index (χ1n) is 11.8. The molecular formula is C29H23N5O3S. The number of nitrogens with one attached hydrogen (secondary N) is 1. The molecule has 4 aromatic carbocycles. The highest BCUT2D eigenvalue weighted by Crippen LogP contribution is 2.30. The van der Waals surface area contributed by atoms with E-state index in [0.29, 0.717) is 17.0 Å². The molecule has 0 fully saturated rings. The summed E-state index contributed by atoms with van der Waals surface area (Å²) in [6.45, 7) is 2.06. The van der Waals surface area contributed by atoms with Crippen molar-refractivity contribution < 1.29 is 9.72 Å². The van der Waals surface area contributed by atoms with Crippen LogP contribution < -0.4 is 5.32 Å². The van der Waals surface area contributed by atoms with Gasteiger partial charge >= 0.3 is 0 Å². The molecule has 0 bridgehead atoms. The zero-order chi connectivity index (χ0) is 26.5. The molecule has 0 aliphatic rings. The van der Waals surface area contributed by atoms with Crippen molar-refractivity contribution in [1.29, 1.82) is 0 Å². The number of hydrogen-bond acceptors (Lipinski definition) is 6. The number of hydrogen-bond donors (Lipinski definition) is 1. The van der Waals surface area contributed by atoms with Gasteiger partial charge in [0.25, 0.3) is 11.6 Å². The first-order valence-corrected chi connectivity index (χ1v) is 12.8. The van der Waals surface area contributed by atoms with Crippen molar-refractivity contribution in [1.82, 2.24) is 14.8 Å². The van der Waals surface area contributed by atoms with Crippen LogP contribution in [0.4, 0.5) is 11.4 Å². The van der Waals surface area contributed by atoms with Crippen LogP contribution in [0, 0.1) is 17.0 Å². The van der Waals surface area contributed by atoms with Gasteiger partial charge in [0, 0.05) is 40.4 Å². The van der Waals surface area contributed by atoms with Crippen LogP contribution in [0.15, 0.2) is 108 Å². The van der Waals surface area contributed by atoms with Crippen LogP contribution in [0.5, 0.6) is 0 Å². The van der Waals surface area contributed by atoms with E-state index in [0.717, 1.165) is 27.8 Å². The summed E-state index contributed by atoms with van der Waals surface area (Å²) in [5, 5.41) is 23.3. The van der Waals surface area contributed by atoms with Gasteiger partial charge in [-0.15, -0.1) is 10.2 Å². The summed E-state index contributed by atoms with van der Waals surface area (Å²) in [7, 11) is 0. The fraction of sp³-hybridized carbons (Fsp3) is 0.0690. The average molecular weight is 522 g/mol. The van der Waals surface area contributed by atoms with Crippen LogP contribution in [0.25, 0.3) is 17.1 Å². The molecule has 5 aromatic rings. The van der Waals surface area contributed by atoms with E-state index in [-0.39, 0.29) is 11.6 Å². The summed E-state index contributed by atoms with van der Waals surface area (Å²) in [4.78, 5) is 22.9. The van der Waals surface area contributed by atoms with Gasteiger partial charge in [-0.05, 0) is 48.9 Å². The number of non-ortho nitro benzene ring substituents is 1. The summed E-state index contributed by atoms with van der Waals surface area (Å²) in [6, 6.07) is 31.3. The highest BCUT2D eigenvalue weighted by molar-refractivity contribution is 7.98. The largest absolute Gasteiger partial charge is 0.322 e. The number of carbonyl (C=O) groups is 1. The van der Waals surface area contributed by atoms with E-state index in [1.807, 2.05) is 42.5 Å². The van der Waals surface area contributed by atoms with E-state index < -0.39 is 4.92 Å². The molecular weight excluding hydrogens is 498 g/mol. The molecule has 1 heterocycles. The van der Waals surface area contributed by atoms with Crippen molar-refractivity contribution in [3.63, 3.8) is 0 Å². The Morgan fingerprint density at radius 1 is 0.895 bits per heavy atom. The van der Waals surface area contributed by atoms with Gasteiger partial charge in [-0.1, -0.05) is 71.9 Å². The van der Waals surface area contributed by atoms with E-state index in [2.05, 4.69) is 51.3 Å². The van der Waals surface area contributed by atoms with Gasteiger partial charge in [-0.2, -0.15) is 0 Å². The zero-order valence-corrected chi connectivity index (χ0v) is 21.3. The Bertz CT molecular complexity index is 1570. The number of nitro benzene ring substituents is 1. The molecule has 0 aliphatic heterocycles. The minimum Gasteiger partial charge on any atom is -0.322 e. The normalized spacial score (nSPS) is 10.8. The molecule has 38 heavy (non-hydrogen) atoms. The third-order valence-electron chi connectivity index (χ3n) is 5.88. The first-order chi connectivity index (χ1) is 18.5. The van der Waals surface area contributed by atoms with Gasteiger partial charge in [-0.25, -0.2) is 0 Å². The Hall–Kier alpha value is -4.76. The predicted octanol–water partition coefficient (Wildman–Crippen LogP) is 6.70. The third-order valence-corrected chi connectivity index (χ3v) is 6.88. The van der Waals surface area contributed by atoms with E-state index in [9.17, 15) is 14.9 Å². The predicted molar refractivity (Wildman–Crippen MR) is 149 cm³/mol. The average Bonchev–Trinajstić information content (AvgIpc) is 3.37. The van der Waals surface area contributed by atoms with Crippen LogP contribution in [0.1, 0.15) is 21.5 Å². The van der Waals surface area contributed by atoms with E-state index in [1.54, 1.807) is 23.9 Å². The number of aryl methyl sites for hydroxylation is 1. The maximum absolute atomic E-state index is 12.6. The molecule has 0 radical (unpaired) electrons. The fourth-order valence-corrected chi connectivity index (χ4v) is 4.74. The standard InChI is InChI=1S/C29H23N5O3S/c1-20-7-15-25(16-8-20)33-27(22-5-3-2-4-6-22)31-32-29(33)38-19-21-9-11-23(12-10-21)28(35)30-24-13-17-26(18-14-24)34(36)37/h2-18H,19H2,1H3,(H,30,35). The number of carbonyl (C=O) groups excluding carboxylic acids is 1. The number of benzene rings is 4. The van der Waals surface area contributed by atoms with Gasteiger partial charge in [0.15, 0.2) is 11.0 Å². The van der Waals surface area contributed by atoms with Crippen molar-refractivity contribution >= 4 is 29.0 Å². The topological polar surface area (TPSA) is 103 Å². The minimum atomic E-state index is -0.478. The fourth-order valence-electron chi connectivity index (χ4n) is 3.83. The summed E-state index contributed by atoms with van der Waals surface area (Å²) >= 11 is 1.57. The van der Waals surface area contributed by atoms with Crippen molar-refractivity contribution in [2.75, 3.05) is 5.32 Å². The van der Waals surface area contributed by atoms with Gasteiger partial charge < -0.3 is 5.32 Å². The van der Waals surface area contributed by atoms with Crippen molar-refractivity contribution in [3.8, 4) is 17.1 Å². The molecule has 8 nitrogen and oxygen atoms in total. The Balaban J connectivity index is 1.30. The lowest BCUT2D eigenvalue weighted by Crippen LogP contribution is -2.11. The summed E-state index contributed by atoms with van der Waals surface area (Å²) in [5.74, 6) is 1.13. The van der Waals surface area contributed by atoms with Crippen LogP contribution in [0.2, 0.25) is 0 Å². The molecule has 0 spiro atoms. The zero-order valence-electron chi connectivity index (χ0n) is 20.4. The van der Waals surface area contributed by atoms with Gasteiger partial charge in [0.2, 0.25) is 0 Å². The quantitative estimate of drug-likeness (QED) is 0.139. The van der Waals surface area contributed by atoms with Crippen LogP contribution in [0.3, 0.4) is 0 Å². The molecule has 0 saturated carbocycles. The molecule has 188 valence electrons. The number of nitrogens with zero attached hydrogens (tertiary/aromatic N) is 4. The molecule has 5 rings (SSSR count). The number of nitro groups is 1. The summed E-state index contributed by atoms with van der Waals surface area (Å²) in [6.07, 6.45) is 0. The van der Waals surface area contributed by atoms with E-state index in [1.165, 1.54) is 29.8 Å². The van der Waals surface area contributed by atoms with Crippen LogP contribution in [-0.2, 0) is 5.75 Å². The third kappa shape index (κ3) is 5.63. The number of amides is 1. The van der Waals surface area contributed by atoms with Crippen molar-refractivity contribution in [2.24, 2.45) is 0 Å². The lowest BCUT2D eigenvalue weighted by molar-refractivity contribution is -0.384. The maximum Gasteiger partial charge on any atom is 0.269 e. The van der Waals surface area contributed by atoms with Gasteiger partial charge in [0.05, 0.1) is 4.92 Å². The smallest absolute Gasteiger partial charge is 0.269 e. The molecule has 1 aromatic heterocycles. The highest BCUT2D eigenvalue weighted by Gasteiger charge is 2.16. The monoisotopic (exact) mass is 521 g/mol. The van der Waals surface area contributed by atoms with Gasteiger partial charge in [0.1, 0.15) is 0 Å². The molecule has 0 atom stereocenters. The molecule has 1 N–H and O–H groups in total. The molecule has 1 amide bonds. The second-order valence-electron chi connectivity index (χ2n) is 8.59. The number of rotatable bonds is 8. The highest BCUT2D eigenvalue weighted by atomic mass is 32.2. The van der Waals surface area contributed by atoms with Crippen molar-refractivity contribution in [3.05, 3.63) is 130 Å². The lowest BCUT2D eigenvalue weighted by atomic mass is 10.1. The molecule has 0 saturated heterocycles. The van der Waals surface area contributed by atoms with Gasteiger partial charge in [-0.3, -0.25) is 19.5 Å². The Morgan fingerprint density at radius 3 is 2.24 bits per heavy atom. The molecule has 0 unspecified atom stereocenters. The first kappa shape index (κ1) is 24.9. The second kappa shape index (κ2) is 11.1. The Morgan fingerprint density at radius 2 is 1.58 bits per heavy atom.